The molecule has 1 N–H and O–H groups in total. The molecule has 0 aromatic heterocycles. The highest BCUT2D eigenvalue weighted by Crippen LogP contribution is 2.32. The maximum absolute atomic E-state index is 10.3. The van der Waals surface area contributed by atoms with Gasteiger partial charge in [0.1, 0.15) is 0 Å². The zero-order valence-corrected chi connectivity index (χ0v) is 24.2. The summed E-state index contributed by atoms with van der Waals surface area (Å²) >= 11 is 0. The van der Waals surface area contributed by atoms with Crippen LogP contribution in [0.3, 0.4) is 0 Å². The van der Waals surface area contributed by atoms with Gasteiger partial charge >= 0.3 is 0 Å². The van der Waals surface area contributed by atoms with Crippen molar-refractivity contribution >= 4 is 7.82 Å². The molecule has 0 bridgehead atoms. The summed E-state index contributed by atoms with van der Waals surface area (Å²) in [6.07, 6.45) is 24.4. The van der Waals surface area contributed by atoms with Gasteiger partial charge in [-0.3, -0.25) is 4.57 Å². The third-order valence-electron chi connectivity index (χ3n) is 6.20. The summed E-state index contributed by atoms with van der Waals surface area (Å²) in [5, 5.41) is 0. The molecule has 0 amide bonds. The standard InChI is InChI=1S/C19H42N.C8H19O4P/c1-5-6-7-8-9-10-11-12-13-14-15-16-17-18-19-20(2,3)4;1-3-5-6-8(4-2)7-12-13(9,10)11/h5-19H2,1-4H3;8H,3-7H2,1-2H3,(H2,9,10,11)/q+1;/p-1. The van der Waals surface area contributed by atoms with Crippen molar-refractivity contribution in [2.24, 2.45) is 5.92 Å². The Morgan fingerprint density at radius 1 is 0.727 bits per heavy atom. The third kappa shape index (κ3) is 34.3. The molecule has 0 saturated carbocycles. The Hall–Kier alpha value is 0.0700. The molecule has 0 aliphatic heterocycles. The minimum atomic E-state index is -4.51. The summed E-state index contributed by atoms with van der Waals surface area (Å²) in [5.41, 5.74) is 0. The molecule has 0 aromatic carbocycles. The molecular weight excluding hydrogens is 433 g/mol. The smallest absolute Gasteiger partial charge is 0.265 e. The minimum absolute atomic E-state index is 0.105. The second-order valence-electron chi connectivity index (χ2n) is 10.8. The first-order valence-electron chi connectivity index (χ1n) is 14.0. The molecule has 0 radical (unpaired) electrons. The fourth-order valence-electron chi connectivity index (χ4n) is 3.88. The summed E-state index contributed by atoms with van der Waals surface area (Å²) in [5.74, 6) is 0.231. The molecule has 6 heteroatoms. The molecule has 5 nitrogen and oxygen atoms in total. The average molecular weight is 494 g/mol. The van der Waals surface area contributed by atoms with Gasteiger partial charge in [0.2, 0.25) is 0 Å². The number of rotatable bonds is 22. The van der Waals surface area contributed by atoms with E-state index in [1.165, 1.54) is 96.4 Å². The molecule has 0 fully saturated rings. The molecule has 2 atom stereocenters. The number of phosphoric ester groups is 1. The number of hydrogen-bond acceptors (Lipinski definition) is 3. The van der Waals surface area contributed by atoms with E-state index in [1.54, 1.807) is 0 Å². The van der Waals surface area contributed by atoms with Crippen LogP contribution in [0.1, 0.15) is 136 Å². The second-order valence-corrected chi connectivity index (χ2v) is 12.0. The summed E-state index contributed by atoms with van der Waals surface area (Å²) in [4.78, 5) is 18.7. The molecular formula is C27H60NO4P. The first-order valence-corrected chi connectivity index (χ1v) is 15.5. The van der Waals surface area contributed by atoms with E-state index in [-0.39, 0.29) is 12.5 Å². The van der Waals surface area contributed by atoms with Crippen molar-refractivity contribution < 1.29 is 23.4 Å². The van der Waals surface area contributed by atoms with Crippen LogP contribution in [0, 0.1) is 5.92 Å². The molecule has 0 aliphatic carbocycles. The van der Waals surface area contributed by atoms with Gasteiger partial charge in [-0.25, -0.2) is 0 Å². The topological polar surface area (TPSA) is 69.6 Å². The predicted molar refractivity (Wildman–Crippen MR) is 142 cm³/mol. The highest BCUT2D eigenvalue weighted by Gasteiger charge is 2.09. The highest BCUT2D eigenvalue weighted by atomic mass is 31.2. The van der Waals surface area contributed by atoms with E-state index < -0.39 is 7.82 Å². The van der Waals surface area contributed by atoms with Crippen molar-refractivity contribution in [3.05, 3.63) is 0 Å². The zero-order valence-electron chi connectivity index (χ0n) is 23.3. The lowest BCUT2D eigenvalue weighted by Gasteiger charge is -2.23. The van der Waals surface area contributed by atoms with Gasteiger partial charge in [-0.15, -0.1) is 0 Å². The molecule has 202 valence electrons. The Morgan fingerprint density at radius 2 is 1.12 bits per heavy atom. The van der Waals surface area contributed by atoms with Crippen LogP contribution in [0.4, 0.5) is 0 Å². The molecule has 0 rings (SSSR count). The summed E-state index contributed by atoms with van der Waals surface area (Å²) in [6.45, 7) is 7.79. The van der Waals surface area contributed by atoms with Crippen molar-refractivity contribution in [3.63, 3.8) is 0 Å². The monoisotopic (exact) mass is 493 g/mol. The van der Waals surface area contributed by atoms with Gasteiger partial charge in [0.15, 0.2) is 0 Å². The predicted octanol–water partition coefficient (Wildman–Crippen LogP) is 7.85. The van der Waals surface area contributed by atoms with Crippen molar-refractivity contribution in [2.75, 3.05) is 34.3 Å². The molecule has 33 heavy (non-hydrogen) atoms. The lowest BCUT2D eigenvalue weighted by molar-refractivity contribution is -0.870. The number of phosphoric acid groups is 1. The second kappa shape index (κ2) is 23.8. The van der Waals surface area contributed by atoms with Crippen LogP contribution in [0.25, 0.3) is 0 Å². The molecule has 2 unspecified atom stereocenters. The molecule has 0 heterocycles. The van der Waals surface area contributed by atoms with Crippen LogP contribution in [-0.2, 0) is 9.09 Å². The molecule has 0 aliphatic rings. The van der Waals surface area contributed by atoms with Gasteiger partial charge in [0.25, 0.3) is 7.82 Å². The van der Waals surface area contributed by atoms with Gasteiger partial charge in [0.05, 0.1) is 34.3 Å². The fraction of sp³-hybridized carbons (Fsp3) is 1.00. The fourth-order valence-corrected chi connectivity index (χ4v) is 4.28. The highest BCUT2D eigenvalue weighted by molar-refractivity contribution is 7.44. The van der Waals surface area contributed by atoms with Crippen LogP contribution in [0.15, 0.2) is 0 Å². The average Bonchev–Trinajstić information content (AvgIpc) is 2.73. The van der Waals surface area contributed by atoms with E-state index in [1.807, 2.05) is 6.92 Å². The van der Waals surface area contributed by atoms with Gasteiger partial charge < -0.3 is 18.8 Å². The Balaban J connectivity index is 0. The lowest BCUT2D eigenvalue weighted by Crippen LogP contribution is -2.35. The van der Waals surface area contributed by atoms with E-state index in [0.717, 1.165) is 30.2 Å². The van der Waals surface area contributed by atoms with Crippen molar-refractivity contribution in [1.29, 1.82) is 0 Å². The first kappa shape index (κ1) is 35.2. The molecule has 0 spiro atoms. The minimum Gasteiger partial charge on any atom is -0.756 e. The van der Waals surface area contributed by atoms with Crippen molar-refractivity contribution in [2.45, 2.75) is 136 Å². The number of quaternary nitrogens is 1. The molecule has 0 aromatic rings. The van der Waals surface area contributed by atoms with E-state index >= 15 is 0 Å². The van der Waals surface area contributed by atoms with Gasteiger partial charge in [-0.2, -0.15) is 0 Å². The quantitative estimate of drug-likeness (QED) is 0.0947. The van der Waals surface area contributed by atoms with Crippen LogP contribution >= 0.6 is 7.82 Å². The third-order valence-corrected chi connectivity index (χ3v) is 6.67. The Morgan fingerprint density at radius 3 is 1.45 bits per heavy atom. The lowest BCUT2D eigenvalue weighted by atomic mass is 10.0. The van der Waals surface area contributed by atoms with E-state index in [2.05, 4.69) is 39.5 Å². The van der Waals surface area contributed by atoms with Crippen molar-refractivity contribution in [1.82, 2.24) is 0 Å². The van der Waals surface area contributed by atoms with Gasteiger partial charge in [0, 0.05) is 0 Å². The maximum Gasteiger partial charge on any atom is 0.265 e. The van der Waals surface area contributed by atoms with E-state index in [4.69, 9.17) is 4.89 Å². The van der Waals surface area contributed by atoms with Crippen LogP contribution in [-0.4, -0.2) is 43.7 Å². The zero-order chi connectivity index (χ0) is 25.4. The largest absolute Gasteiger partial charge is 0.756 e. The summed E-state index contributed by atoms with van der Waals surface area (Å²) in [7, 11) is 2.37. The van der Waals surface area contributed by atoms with Gasteiger partial charge in [-0.05, 0) is 25.2 Å². The van der Waals surface area contributed by atoms with Crippen LogP contribution in [0.5, 0.6) is 0 Å². The Kier molecular flexibility index (Phi) is 25.4. The van der Waals surface area contributed by atoms with Gasteiger partial charge in [-0.1, -0.05) is 117 Å². The normalized spacial score (nSPS) is 14.4. The van der Waals surface area contributed by atoms with Crippen LogP contribution < -0.4 is 4.89 Å². The Bertz CT molecular complexity index is 434. The maximum atomic E-state index is 10.3. The Labute approximate surface area is 207 Å². The molecule has 0 saturated heterocycles. The first-order chi connectivity index (χ1) is 15.6. The summed E-state index contributed by atoms with van der Waals surface area (Å²) < 4.78 is 15.7. The SMILES string of the molecule is CCCCC(CC)COP(=O)([O-])O.CCCCCCCCCCCCCCCC[N+](C)(C)C. The number of nitrogens with zero attached hydrogens (tertiary/aromatic N) is 1. The summed E-state index contributed by atoms with van der Waals surface area (Å²) in [6, 6.07) is 0. The number of unbranched alkanes of at least 4 members (excludes halogenated alkanes) is 14. The van der Waals surface area contributed by atoms with E-state index in [9.17, 15) is 9.46 Å². The number of hydrogen-bond donors (Lipinski definition) is 1. The van der Waals surface area contributed by atoms with Crippen molar-refractivity contribution in [3.8, 4) is 0 Å². The van der Waals surface area contributed by atoms with E-state index in [0.29, 0.717) is 0 Å². The van der Waals surface area contributed by atoms with Crippen LogP contribution in [0.2, 0.25) is 0 Å².